The van der Waals surface area contributed by atoms with E-state index in [0.29, 0.717) is 33.8 Å². The normalized spacial score (nSPS) is 13.7. The second-order valence-electron chi connectivity index (χ2n) is 10.7. The van der Waals surface area contributed by atoms with Crippen molar-refractivity contribution in [3.63, 3.8) is 0 Å². The van der Waals surface area contributed by atoms with Gasteiger partial charge in [-0.1, -0.05) is 89.4 Å². The van der Waals surface area contributed by atoms with Crippen LogP contribution in [0.25, 0.3) is 11.1 Å². The third-order valence-electron chi connectivity index (χ3n) is 7.62. The van der Waals surface area contributed by atoms with Gasteiger partial charge >= 0.3 is 5.97 Å². The van der Waals surface area contributed by atoms with Gasteiger partial charge < -0.3 is 20.5 Å². The first-order valence-corrected chi connectivity index (χ1v) is 15.2. The molecule has 3 N–H and O–H groups in total. The SMILES string of the molecule is O=C(O)CC(NC(=O)c1cc(Br)ccc1NC(=O)CC1CCCC1)c1ccc(-c2ccccc2Oc2ccccc2)cc1. The number of ether oxygens (including phenoxy) is 1. The van der Waals surface area contributed by atoms with E-state index in [2.05, 4.69) is 26.6 Å². The first-order valence-electron chi connectivity index (χ1n) is 14.4. The van der Waals surface area contributed by atoms with Gasteiger partial charge in [-0.15, -0.1) is 0 Å². The van der Waals surface area contributed by atoms with Gasteiger partial charge in [0.05, 0.1) is 23.7 Å². The molecule has 1 unspecified atom stereocenters. The van der Waals surface area contributed by atoms with Crippen LogP contribution in [0.1, 0.15) is 60.5 Å². The molecule has 0 spiro atoms. The highest BCUT2D eigenvalue weighted by atomic mass is 79.9. The largest absolute Gasteiger partial charge is 0.481 e. The quantitative estimate of drug-likeness (QED) is 0.153. The van der Waals surface area contributed by atoms with Crippen molar-refractivity contribution in [1.82, 2.24) is 5.32 Å². The zero-order valence-corrected chi connectivity index (χ0v) is 25.2. The second-order valence-corrected chi connectivity index (χ2v) is 11.7. The van der Waals surface area contributed by atoms with Gasteiger partial charge in [0.25, 0.3) is 5.91 Å². The highest BCUT2D eigenvalue weighted by molar-refractivity contribution is 9.10. The Bertz CT molecular complexity index is 1580. The van der Waals surface area contributed by atoms with Crippen molar-refractivity contribution in [2.75, 3.05) is 5.32 Å². The topological polar surface area (TPSA) is 105 Å². The predicted molar refractivity (Wildman–Crippen MR) is 170 cm³/mol. The van der Waals surface area contributed by atoms with Crippen molar-refractivity contribution >= 4 is 39.4 Å². The molecular formula is C35H33BrN2O5. The summed E-state index contributed by atoms with van der Waals surface area (Å²) >= 11 is 3.41. The summed E-state index contributed by atoms with van der Waals surface area (Å²) in [5.74, 6) is 0.126. The first-order chi connectivity index (χ1) is 20.9. The molecule has 0 aliphatic heterocycles. The predicted octanol–water partition coefficient (Wildman–Crippen LogP) is 8.37. The monoisotopic (exact) mass is 640 g/mol. The van der Waals surface area contributed by atoms with Crippen molar-refractivity contribution in [1.29, 1.82) is 0 Å². The van der Waals surface area contributed by atoms with Crippen molar-refractivity contribution in [2.45, 2.75) is 44.6 Å². The Hall–Kier alpha value is -4.43. The van der Waals surface area contributed by atoms with Gasteiger partial charge in [0.15, 0.2) is 0 Å². The number of hydrogen-bond acceptors (Lipinski definition) is 4. The number of nitrogens with one attached hydrogen (secondary N) is 2. The fourth-order valence-corrected chi connectivity index (χ4v) is 5.82. The van der Waals surface area contributed by atoms with E-state index in [1.807, 2.05) is 78.9 Å². The van der Waals surface area contributed by atoms with Crippen LogP contribution in [0.2, 0.25) is 0 Å². The summed E-state index contributed by atoms with van der Waals surface area (Å²) in [7, 11) is 0. The molecule has 0 bridgehead atoms. The van der Waals surface area contributed by atoms with Gasteiger partial charge in [0, 0.05) is 16.5 Å². The molecule has 4 aromatic carbocycles. The molecule has 2 amide bonds. The van der Waals surface area contributed by atoms with Crippen molar-refractivity contribution in [2.24, 2.45) is 5.92 Å². The summed E-state index contributed by atoms with van der Waals surface area (Å²) in [6.07, 6.45) is 4.49. The lowest BCUT2D eigenvalue weighted by Crippen LogP contribution is -2.31. The number of aliphatic carboxylic acids is 1. The van der Waals surface area contributed by atoms with E-state index < -0.39 is 17.9 Å². The molecule has 5 rings (SSSR count). The molecular weight excluding hydrogens is 608 g/mol. The van der Waals surface area contributed by atoms with E-state index in [9.17, 15) is 19.5 Å². The smallest absolute Gasteiger partial charge is 0.305 e. The number of para-hydroxylation sites is 2. The van der Waals surface area contributed by atoms with E-state index >= 15 is 0 Å². The number of anilines is 1. The molecule has 43 heavy (non-hydrogen) atoms. The number of carbonyl (C=O) groups is 3. The number of carboxylic acid groups (broad SMARTS) is 1. The number of carboxylic acids is 1. The molecule has 8 heteroatoms. The van der Waals surface area contributed by atoms with Crippen LogP contribution < -0.4 is 15.4 Å². The van der Waals surface area contributed by atoms with Gasteiger partial charge in [0.1, 0.15) is 11.5 Å². The third-order valence-corrected chi connectivity index (χ3v) is 8.11. The van der Waals surface area contributed by atoms with Gasteiger partial charge in [-0.3, -0.25) is 14.4 Å². The highest BCUT2D eigenvalue weighted by Crippen LogP contribution is 2.34. The molecule has 0 radical (unpaired) electrons. The van der Waals surface area contributed by atoms with Crippen molar-refractivity contribution < 1.29 is 24.2 Å². The lowest BCUT2D eigenvalue weighted by Gasteiger charge is -2.20. The Morgan fingerprint density at radius 2 is 1.58 bits per heavy atom. The summed E-state index contributed by atoms with van der Waals surface area (Å²) in [6, 6.07) is 28.9. The van der Waals surface area contributed by atoms with Crippen LogP contribution in [0.4, 0.5) is 5.69 Å². The molecule has 7 nitrogen and oxygen atoms in total. The van der Waals surface area contributed by atoms with Gasteiger partial charge in [0.2, 0.25) is 5.91 Å². The molecule has 1 aliphatic rings. The van der Waals surface area contributed by atoms with Crippen molar-refractivity contribution in [3.05, 3.63) is 113 Å². The van der Waals surface area contributed by atoms with E-state index in [1.165, 1.54) is 0 Å². The number of benzene rings is 4. The number of halogens is 1. The lowest BCUT2D eigenvalue weighted by molar-refractivity contribution is -0.137. The maximum atomic E-state index is 13.5. The lowest BCUT2D eigenvalue weighted by atomic mass is 9.98. The van der Waals surface area contributed by atoms with Crippen molar-refractivity contribution in [3.8, 4) is 22.6 Å². The van der Waals surface area contributed by atoms with Gasteiger partial charge in [-0.2, -0.15) is 0 Å². The zero-order chi connectivity index (χ0) is 30.2. The molecule has 4 aromatic rings. The molecule has 1 fully saturated rings. The summed E-state index contributed by atoms with van der Waals surface area (Å²) in [5.41, 5.74) is 3.05. The minimum absolute atomic E-state index is 0.127. The summed E-state index contributed by atoms with van der Waals surface area (Å²) in [4.78, 5) is 38.1. The fourth-order valence-electron chi connectivity index (χ4n) is 5.46. The number of hydrogen-bond donors (Lipinski definition) is 3. The van der Waals surface area contributed by atoms with Crippen LogP contribution in [0.5, 0.6) is 11.5 Å². The number of amides is 2. The average Bonchev–Trinajstić information content (AvgIpc) is 3.51. The number of carbonyl (C=O) groups excluding carboxylic acids is 2. The average molecular weight is 642 g/mol. The fraction of sp³-hybridized carbons (Fsp3) is 0.229. The standard InChI is InChI=1S/C35H33BrN2O5/c36-26-18-19-30(37-33(39)20-23-8-4-5-9-23)29(21-26)35(42)38-31(22-34(40)41)25-16-14-24(15-17-25)28-12-6-7-13-32(28)43-27-10-2-1-3-11-27/h1-3,6-7,10-19,21,23,31H,4-5,8-9,20,22H2,(H,37,39)(H,38,42)(H,40,41). The van der Waals surface area contributed by atoms with Gasteiger partial charge in [-0.05, 0) is 66.3 Å². The van der Waals surface area contributed by atoms with E-state index in [-0.39, 0.29) is 17.9 Å². The third kappa shape index (κ3) is 8.11. The second kappa shape index (κ2) is 14.2. The van der Waals surface area contributed by atoms with Crippen LogP contribution in [-0.2, 0) is 9.59 Å². The van der Waals surface area contributed by atoms with Crippen LogP contribution >= 0.6 is 15.9 Å². The zero-order valence-electron chi connectivity index (χ0n) is 23.6. The Morgan fingerprint density at radius 3 is 2.30 bits per heavy atom. The highest BCUT2D eigenvalue weighted by Gasteiger charge is 2.23. The molecule has 1 aliphatic carbocycles. The molecule has 220 valence electrons. The minimum Gasteiger partial charge on any atom is -0.481 e. The Morgan fingerprint density at radius 1 is 0.884 bits per heavy atom. The summed E-state index contributed by atoms with van der Waals surface area (Å²) in [5, 5.41) is 15.4. The Labute approximate surface area is 259 Å². The van der Waals surface area contributed by atoms with Crippen LogP contribution in [-0.4, -0.2) is 22.9 Å². The van der Waals surface area contributed by atoms with Crippen LogP contribution in [0.3, 0.4) is 0 Å². The Kier molecular flexibility index (Phi) is 9.89. The molecule has 0 aromatic heterocycles. The summed E-state index contributed by atoms with van der Waals surface area (Å²) < 4.78 is 6.78. The van der Waals surface area contributed by atoms with Gasteiger partial charge in [-0.25, -0.2) is 0 Å². The first kappa shape index (κ1) is 30.0. The van der Waals surface area contributed by atoms with E-state index in [4.69, 9.17) is 4.74 Å². The Balaban J connectivity index is 1.34. The molecule has 1 atom stereocenters. The maximum absolute atomic E-state index is 13.5. The summed E-state index contributed by atoms with van der Waals surface area (Å²) in [6.45, 7) is 0. The van der Waals surface area contributed by atoms with E-state index in [1.54, 1.807) is 18.2 Å². The van der Waals surface area contributed by atoms with Crippen LogP contribution in [0.15, 0.2) is 102 Å². The molecule has 1 saturated carbocycles. The molecule has 0 saturated heterocycles. The van der Waals surface area contributed by atoms with Crippen LogP contribution in [0, 0.1) is 5.92 Å². The van der Waals surface area contributed by atoms with E-state index in [0.717, 1.165) is 42.6 Å². The maximum Gasteiger partial charge on any atom is 0.305 e. The number of rotatable bonds is 11. The minimum atomic E-state index is -1.05. The molecule has 0 heterocycles.